The predicted octanol–water partition coefficient (Wildman–Crippen LogP) is 4.30. The minimum Gasteiger partial charge on any atom is -0.462 e. The Hall–Kier alpha value is -1.30. The maximum atomic E-state index is 13.0. The number of esters is 1. The molecule has 5 aliphatic rings. The Bertz CT molecular complexity index is 932. The van der Waals surface area contributed by atoms with Gasteiger partial charge in [0.15, 0.2) is 0 Å². The van der Waals surface area contributed by atoms with Crippen LogP contribution in [0, 0.1) is 30.1 Å². The van der Waals surface area contributed by atoms with Crippen LogP contribution in [-0.2, 0) is 14.3 Å². The second-order valence-corrected chi connectivity index (χ2v) is 11.7. The number of carbonyl (C=O) groups excluding carboxylic acids is 1. The van der Waals surface area contributed by atoms with E-state index in [-0.39, 0.29) is 41.0 Å². The largest absolute Gasteiger partial charge is 0.462 e. The maximum absolute atomic E-state index is 13.0. The van der Waals surface area contributed by atoms with E-state index in [2.05, 4.69) is 42.7 Å². The summed E-state index contributed by atoms with van der Waals surface area (Å²) in [7, 11) is 0. The Balaban J connectivity index is 1.15. The lowest BCUT2D eigenvalue weighted by atomic mass is 9.53. The second-order valence-electron chi connectivity index (χ2n) is 11.3. The van der Waals surface area contributed by atoms with Gasteiger partial charge in [0.2, 0.25) is 0 Å². The highest BCUT2D eigenvalue weighted by Gasteiger charge is 2.78. The summed E-state index contributed by atoms with van der Waals surface area (Å²) in [5, 5.41) is 0.785. The Morgan fingerprint density at radius 2 is 2.00 bits per heavy atom. The Morgan fingerprint density at radius 3 is 2.78 bits per heavy atom. The van der Waals surface area contributed by atoms with Crippen molar-refractivity contribution in [1.29, 1.82) is 0 Å². The Labute approximate surface area is 196 Å². The first-order valence-corrected chi connectivity index (χ1v) is 12.8. The average Bonchev–Trinajstić information content (AvgIpc) is 3.45. The molecule has 6 rings (SSSR count). The van der Waals surface area contributed by atoms with E-state index in [1.807, 2.05) is 6.07 Å². The first-order chi connectivity index (χ1) is 15.3. The molecule has 5 fully saturated rings. The lowest BCUT2D eigenvalue weighted by Crippen LogP contribution is -2.55. The molecule has 0 unspecified atom stereocenters. The summed E-state index contributed by atoms with van der Waals surface area (Å²) in [5.41, 5.74) is 2.63. The van der Waals surface area contributed by atoms with Crippen molar-refractivity contribution in [2.24, 2.45) is 23.2 Å². The molecular formula is C26H35ClN2O3. The number of aryl methyl sites for hydroxylation is 1. The van der Waals surface area contributed by atoms with E-state index >= 15 is 0 Å². The van der Waals surface area contributed by atoms with Crippen LogP contribution in [0.5, 0.6) is 0 Å². The highest BCUT2D eigenvalue weighted by molar-refractivity contribution is 6.30. The van der Waals surface area contributed by atoms with Crippen LogP contribution in [0.2, 0.25) is 5.02 Å². The fourth-order valence-electron chi connectivity index (χ4n) is 7.82. The molecular weight excluding hydrogens is 424 g/mol. The summed E-state index contributed by atoms with van der Waals surface area (Å²) in [5.74, 6) is 0.758. The molecule has 3 heterocycles. The van der Waals surface area contributed by atoms with Crippen molar-refractivity contribution < 1.29 is 14.3 Å². The molecule has 7 atom stereocenters. The molecule has 0 radical (unpaired) electrons. The van der Waals surface area contributed by atoms with Gasteiger partial charge in [-0.2, -0.15) is 0 Å². The molecule has 32 heavy (non-hydrogen) atoms. The number of fused-ring (bicyclic) bond motifs is 2. The molecule has 1 aromatic carbocycles. The fourth-order valence-corrected chi connectivity index (χ4v) is 7.98. The molecule has 1 aromatic rings. The molecule has 0 N–H and O–H groups in total. The average molecular weight is 459 g/mol. The zero-order valence-corrected chi connectivity index (χ0v) is 20.2. The van der Waals surface area contributed by atoms with E-state index in [9.17, 15) is 4.79 Å². The van der Waals surface area contributed by atoms with Crippen LogP contribution in [0.1, 0.15) is 45.1 Å². The third-order valence-electron chi connectivity index (χ3n) is 9.53. The van der Waals surface area contributed by atoms with Crippen LogP contribution in [-0.4, -0.2) is 61.4 Å². The highest BCUT2D eigenvalue weighted by Crippen LogP contribution is 2.70. The van der Waals surface area contributed by atoms with Gasteiger partial charge in [-0.1, -0.05) is 37.9 Å². The van der Waals surface area contributed by atoms with E-state index in [1.54, 1.807) is 0 Å². The van der Waals surface area contributed by atoms with Gasteiger partial charge in [-0.15, -0.1) is 0 Å². The van der Waals surface area contributed by atoms with Gasteiger partial charge in [0.25, 0.3) is 0 Å². The zero-order chi connectivity index (χ0) is 22.3. The highest BCUT2D eigenvalue weighted by atomic mass is 35.5. The number of hydrogen-bond donors (Lipinski definition) is 0. The number of hydrogen-bond acceptors (Lipinski definition) is 5. The van der Waals surface area contributed by atoms with E-state index in [0.717, 1.165) is 44.2 Å². The number of rotatable bonds is 3. The lowest BCUT2D eigenvalue weighted by molar-refractivity contribution is -0.146. The molecule has 1 spiro atoms. The third kappa shape index (κ3) is 3.00. The Kier molecular flexibility index (Phi) is 4.88. The van der Waals surface area contributed by atoms with Gasteiger partial charge in [0.05, 0.1) is 12.0 Å². The summed E-state index contributed by atoms with van der Waals surface area (Å²) in [6.07, 6.45) is 4.92. The smallest absolute Gasteiger partial charge is 0.311 e. The van der Waals surface area contributed by atoms with E-state index in [1.165, 1.54) is 30.5 Å². The number of anilines is 1. The zero-order valence-electron chi connectivity index (χ0n) is 19.5. The number of carbonyl (C=O) groups is 1. The van der Waals surface area contributed by atoms with Crippen LogP contribution in [0.4, 0.5) is 5.69 Å². The molecule has 2 aliphatic carbocycles. The normalized spacial score (nSPS) is 43.3. The number of benzene rings is 1. The number of ether oxygens (including phenoxy) is 2. The topological polar surface area (TPSA) is 45.3 Å². The molecule has 0 bridgehead atoms. The fraction of sp³-hybridized carbons (Fsp3) is 0.731. The SMILES string of the molecule is Cc1ccc(Cl)cc1N1CCN(C[C@H]2C(=O)O[C@@H]3C[C@@]4(C)CCC[C@H](C)[C@@]45O[C@H]5[C@@H]32)CC1. The molecule has 3 aliphatic heterocycles. The van der Waals surface area contributed by atoms with Gasteiger partial charge in [-0.25, -0.2) is 0 Å². The molecule has 2 saturated carbocycles. The van der Waals surface area contributed by atoms with Gasteiger partial charge < -0.3 is 14.4 Å². The van der Waals surface area contributed by atoms with Crippen molar-refractivity contribution in [3.05, 3.63) is 28.8 Å². The summed E-state index contributed by atoms with van der Waals surface area (Å²) in [6, 6.07) is 6.11. The first kappa shape index (κ1) is 21.2. The lowest BCUT2D eigenvalue weighted by Gasteiger charge is -2.49. The molecule has 5 nitrogen and oxygen atoms in total. The summed E-state index contributed by atoms with van der Waals surface area (Å²) in [6.45, 7) is 11.5. The van der Waals surface area contributed by atoms with Crippen LogP contribution < -0.4 is 4.90 Å². The van der Waals surface area contributed by atoms with Gasteiger partial charge in [-0.3, -0.25) is 9.69 Å². The van der Waals surface area contributed by atoms with Gasteiger partial charge in [0, 0.05) is 54.8 Å². The minimum absolute atomic E-state index is 0.00802. The number of piperazine rings is 1. The molecule has 174 valence electrons. The van der Waals surface area contributed by atoms with E-state index < -0.39 is 0 Å². The number of epoxide rings is 1. The second kappa shape index (κ2) is 7.35. The van der Waals surface area contributed by atoms with Crippen LogP contribution >= 0.6 is 11.6 Å². The molecule has 0 amide bonds. The monoisotopic (exact) mass is 458 g/mol. The summed E-state index contributed by atoms with van der Waals surface area (Å²) < 4.78 is 12.6. The Morgan fingerprint density at radius 1 is 1.22 bits per heavy atom. The number of nitrogens with zero attached hydrogens (tertiary/aromatic N) is 2. The first-order valence-electron chi connectivity index (χ1n) is 12.4. The van der Waals surface area contributed by atoms with Crippen molar-refractivity contribution in [2.45, 2.75) is 64.3 Å². The van der Waals surface area contributed by atoms with Crippen molar-refractivity contribution >= 4 is 23.3 Å². The molecule has 3 saturated heterocycles. The van der Waals surface area contributed by atoms with Crippen LogP contribution in [0.3, 0.4) is 0 Å². The van der Waals surface area contributed by atoms with E-state index in [0.29, 0.717) is 5.92 Å². The quantitative estimate of drug-likeness (QED) is 0.499. The van der Waals surface area contributed by atoms with Gasteiger partial charge in [0.1, 0.15) is 11.7 Å². The standard InChI is InChI=1S/C26H35ClN2O3/c1-16-6-7-18(27)13-20(16)29-11-9-28(10-12-29)15-19-22-21(31-24(19)30)14-25(3)8-4-5-17(2)26(25)23(22)32-26/h6-7,13,17,19,21-23H,4-5,8-12,14-15H2,1-3H3/t17-,19+,21+,22+,23-,25+,26-/m0/s1. The third-order valence-corrected chi connectivity index (χ3v) is 9.77. The molecule has 6 heteroatoms. The summed E-state index contributed by atoms with van der Waals surface area (Å²) in [4.78, 5) is 17.9. The van der Waals surface area contributed by atoms with Crippen LogP contribution in [0.15, 0.2) is 18.2 Å². The van der Waals surface area contributed by atoms with Crippen molar-refractivity contribution in [2.75, 3.05) is 37.6 Å². The number of halogens is 1. The van der Waals surface area contributed by atoms with Crippen molar-refractivity contribution in [3.63, 3.8) is 0 Å². The maximum Gasteiger partial charge on any atom is 0.311 e. The van der Waals surface area contributed by atoms with E-state index in [4.69, 9.17) is 21.1 Å². The van der Waals surface area contributed by atoms with Gasteiger partial charge >= 0.3 is 5.97 Å². The van der Waals surface area contributed by atoms with Gasteiger partial charge in [-0.05, 0) is 49.8 Å². The minimum atomic E-state index is -0.0532. The predicted molar refractivity (Wildman–Crippen MR) is 125 cm³/mol. The van der Waals surface area contributed by atoms with Crippen LogP contribution in [0.25, 0.3) is 0 Å². The molecule has 0 aromatic heterocycles. The summed E-state index contributed by atoms with van der Waals surface area (Å²) >= 11 is 6.24. The van der Waals surface area contributed by atoms with Crippen molar-refractivity contribution in [1.82, 2.24) is 4.90 Å². The van der Waals surface area contributed by atoms with Crippen molar-refractivity contribution in [3.8, 4) is 0 Å².